The summed E-state index contributed by atoms with van der Waals surface area (Å²) in [6, 6.07) is -1.14. The number of hydrogen-bond acceptors (Lipinski definition) is 5. The van der Waals surface area contributed by atoms with E-state index in [0.29, 0.717) is 0 Å². The molecule has 0 aromatic rings. The zero-order valence-corrected chi connectivity index (χ0v) is 9.74. The first-order valence-corrected chi connectivity index (χ1v) is 4.84. The molecule has 6 heteroatoms. The van der Waals surface area contributed by atoms with E-state index in [1.807, 2.05) is 0 Å². The van der Waals surface area contributed by atoms with Crippen LogP contribution in [-0.2, 0) is 14.3 Å². The van der Waals surface area contributed by atoms with Crippen molar-refractivity contribution in [3.63, 3.8) is 0 Å². The Kier molecular flexibility index (Phi) is 5.26. The van der Waals surface area contributed by atoms with Crippen LogP contribution >= 0.6 is 0 Å². The number of ketones is 1. The van der Waals surface area contributed by atoms with Crippen molar-refractivity contribution in [2.75, 3.05) is 13.2 Å². The van der Waals surface area contributed by atoms with Crippen molar-refractivity contribution in [2.24, 2.45) is 11.1 Å². The van der Waals surface area contributed by atoms with Gasteiger partial charge in [0, 0.05) is 5.41 Å². The Morgan fingerprint density at radius 2 is 1.94 bits per heavy atom. The lowest BCUT2D eigenvalue weighted by Crippen LogP contribution is -2.37. The molecule has 0 rings (SSSR count). The first-order valence-electron chi connectivity index (χ1n) is 4.84. The van der Waals surface area contributed by atoms with Gasteiger partial charge in [-0.15, -0.1) is 0 Å². The minimum atomic E-state index is -1.18. The largest absolute Gasteiger partial charge is 0.480 e. The Bertz CT molecular complexity index is 294. The second kappa shape index (κ2) is 5.72. The average Bonchev–Trinajstić information content (AvgIpc) is 2.14. The van der Waals surface area contributed by atoms with Gasteiger partial charge in [-0.05, 0) is 0 Å². The summed E-state index contributed by atoms with van der Waals surface area (Å²) >= 11 is 0. The summed E-state index contributed by atoms with van der Waals surface area (Å²) in [4.78, 5) is 21.7. The van der Waals surface area contributed by atoms with Crippen LogP contribution in [0.25, 0.3) is 0 Å². The van der Waals surface area contributed by atoms with Gasteiger partial charge in [0.05, 0.1) is 12.3 Å². The Morgan fingerprint density at radius 1 is 1.44 bits per heavy atom. The molecule has 16 heavy (non-hydrogen) atoms. The number of hydrogen-bond donors (Lipinski definition) is 3. The van der Waals surface area contributed by atoms with Crippen LogP contribution in [0.4, 0.5) is 0 Å². The number of carboxylic acid groups (broad SMARTS) is 1. The lowest BCUT2D eigenvalue weighted by atomic mass is 9.88. The van der Waals surface area contributed by atoms with Gasteiger partial charge < -0.3 is 21.0 Å². The Labute approximate surface area is 94.3 Å². The normalized spacial score (nSPS) is 13.2. The highest BCUT2D eigenvalue weighted by Gasteiger charge is 2.24. The van der Waals surface area contributed by atoms with E-state index in [1.54, 1.807) is 20.8 Å². The molecule has 0 heterocycles. The van der Waals surface area contributed by atoms with Gasteiger partial charge in [-0.1, -0.05) is 20.8 Å². The molecule has 0 amide bonds. The van der Waals surface area contributed by atoms with Gasteiger partial charge in [0.25, 0.3) is 0 Å². The summed E-state index contributed by atoms with van der Waals surface area (Å²) in [5, 5.41) is 16.0. The number of carbonyl (C=O) groups is 2. The van der Waals surface area contributed by atoms with Crippen LogP contribution in [0.5, 0.6) is 0 Å². The lowest BCUT2D eigenvalue weighted by molar-refractivity contribution is -0.140. The van der Waals surface area contributed by atoms with E-state index in [2.05, 4.69) is 0 Å². The molecule has 1 atom stereocenters. The predicted octanol–water partition coefficient (Wildman–Crippen LogP) is 0.0499. The number of carbonyl (C=O) groups excluding carboxylic acids is 1. The summed E-state index contributed by atoms with van der Waals surface area (Å²) in [6.07, 6.45) is 0. The van der Waals surface area contributed by atoms with Crippen LogP contribution in [0.15, 0.2) is 0 Å². The third-order valence-electron chi connectivity index (χ3n) is 1.88. The van der Waals surface area contributed by atoms with E-state index in [0.717, 1.165) is 0 Å². The zero-order valence-electron chi connectivity index (χ0n) is 9.74. The summed E-state index contributed by atoms with van der Waals surface area (Å²) in [5.41, 5.74) is 4.60. The second-order valence-corrected chi connectivity index (χ2v) is 4.51. The molecule has 0 bridgehead atoms. The van der Waals surface area contributed by atoms with Crippen molar-refractivity contribution in [3.05, 3.63) is 0 Å². The molecule has 0 unspecified atom stereocenters. The Hall–Kier alpha value is -1.27. The fraction of sp³-hybridized carbons (Fsp3) is 0.700. The van der Waals surface area contributed by atoms with E-state index in [4.69, 9.17) is 21.0 Å². The van der Waals surface area contributed by atoms with E-state index < -0.39 is 23.2 Å². The maximum atomic E-state index is 11.4. The average molecular weight is 230 g/mol. The first-order chi connectivity index (χ1) is 7.16. The van der Waals surface area contributed by atoms with Crippen LogP contribution in [0.2, 0.25) is 0 Å². The van der Waals surface area contributed by atoms with E-state index >= 15 is 0 Å². The fourth-order valence-corrected chi connectivity index (χ4v) is 0.840. The Balaban J connectivity index is 4.01. The highest BCUT2D eigenvalue weighted by molar-refractivity contribution is 6.40. The number of rotatable bonds is 6. The highest BCUT2D eigenvalue weighted by atomic mass is 16.5. The molecule has 6 nitrogen and oxygen atoms in total. The van der Waals surface area contributed by atoms with Crippen molar-refractivity contribution in [2.45, 2.75) is 26.8 Å². The van der Waals surface area contributed by atoms with Gasteiger partial charge in [0.15, 0.2) is 0 Å². The minimum Gasteiger partial charge on any atom is -0.480 e. The summed E-state index contributed by atoms with van der Waals surface area (Å²) in [5.74, 6) is -1.64. The molecule has 0 aliphatic heterocycles. The van der Waals surface area contributed by atoms with Crippen LogP contribution < -0.4 is 5.73 Å². The summed E-state index contributed by atoms with van der Waals surface area (Å²) in [7, 11) is 0. The molecule has 0 aromatic carbocycles. The third-order valence-corrected chi connectivity index (χ3v) is 1.88. The van der Waals surface area contributed by atoms with Gasteiger partial charge >= 0.3 is 5.97 Å². The minimum absolute atomic E-state index is 0.0450. The van der Waals surface area contributed by atoms with E-state index in [1.165, 1.54) is 0 Å². The molecule has 0 radical (unpaired) electrons. The monoisotopic (exact) mass is 230 g/mol. The van der Waals surface area contributed by atoms with Crippen LogP contribution in [0.1, 0.15) is 20.8 Å². The number of aliphatic carboxylic acids is 1. The van der Waals surface area contributed by atoms with Crippen LogP contribution in [0.3, 0.4) is 0 Å². The third kappa shape index (κ3) is 4.99. The van der Waals surface area contributed by atoms with Gasteiger partial charge in [-0.2, -0.15) is 0 Å². The summed E-state index contributed by atoms with van der Waals surface area (Å²) < 4.78 is 4.84. The number of carboxylic acids is 1. The SMILES string of the molecule is CC(C)(C)C(=N)C(=O)COC[C@H](N)C(=O)O. The van der Waals surface area contributed by atoms with Gasteiger partial charge in [0.2, 0.25) is 5.78 Å². The van der Waals surface area contributed by atoms with Crippen LogP contribution in [-0.4, -0.2) is 41.8 Å². The molecule has 0 aliphatic carbocycles. The Morgan fingerprint density at radius 3 is 2.31 bits per heavy atom. The number of nitrogens with one attached hydrogen (secondary N) is 1. The molecule has 4 N–H and O–H groups in total. The molecule has 0 saturated carbocycles. The van der Waals surface area contributed by atoms with Gasteiger partial charge in [0.1, 0.15) is 12.6 Å². The van der Waals surface area contributed by atoms with Crippen molar-refractivity contribution in [3.8, 4) is 0 Å². The lowest BCUT2D eigenvalue weighted by Gasteiger charge is -2.18. The van der Waals surface area contributed by atoms with E-state index in [-0.39, 0.29) is 18.9 Å². The maximum Gasteiger partial charge on any atom is 0.322 e. The van der Waals surface area contributed by atoms with Gasteiger partial charge in [-0.25, -0.2) is 0 Å². The molecule has 0 aromatic heterocycles. The maximum absolute atomic E-state index is 11.4. The van der Waals surface area contributed by atoms with E-state index in [9.17, 15) is 9.59 Å². The van der Waals surface area contributed by atoms with Crippen molar-refractivity contribution < 1.29 is 19.4 Å². The molecule has 0 saturated heterocycles. The highest BCUT2D eigenvalue weighted by Crippen LogP contribution is 2.15. The molecule has 92 valence electrons. The predicted molar refractivity (Wildman–Crippen MR) is 58.6 cm³/mol. The first kappa shape index (κ1) is 14.7. The standard InChI is InChI=1S/C10H18N2O4/c1-10(2,3)8(12)7(13)5-16-4-6(11)9(14)15/h6,12H,4-5,11H2,1-3H3,(H,14,15)/t6-/m0/s1. The molecule has 0 spiro atoms. The summed E-state index contributed by atoms with van der Waals surface area (Å²) in [6.45, 7) is 4.69. The fourth-order valence-electron chi connectivity index (χ4n) is 0.840. The second-order valence-electron chi connectivity index (χ2n) is 4.51. The molecular formula is C10H18N2O4. The quantitative estimate of drug-likeness (QED) is 0.558. The zero-order chi connectivity index (χ0) is 12.9. The number of ether oxygens (including phenoxy) is 1. The molecular weight excluding hydrogens is 212 g/mol. The smallest absolute Gasteiger partial charge is 0.322 e. The van der Waals surface area contributed by atoms with Crippen LogP contribution in [0, 0.1) is 10.8 Å². The van der Waals surface area contributed by atoms with Crippen molar-refractivity contribution in [1.29, 1.82) is 5.41 Å². The molecule has 0 aliphatic rings. The topological polar surface area (TPSA) is 113 Å². The number of Topliss-reactive ketones (excluding diaryl/α,β-unsaturated/α-hetero) is 1. The van der Waals surface area contributed by atoms with Crippen molar-refractivity contribution >= 4 is 17.5 Å². The molecule has 0 fully saturated rings. The number of nitrogens with two attached hydrogens (primary N) is 1. The van der Waals surface area contributed by atoms with Crippen molar-refractivity contribution in [1.82, 2.24) is 0 Å². The van der Waals surface area contributed by atoms with Gasteiger partial charge in [-0.3, -0.25) is 9.59 Å².